The molecule has 0 radical (unpaired) electrons. The van der Waals surface area contributed by atoms with Crippen LogP contribution in [-0.2, 0) is 9.59 Å². The van der Waals surface area contributed by atoms with Crippen molar-refractivity contribution in [1.82, 2.24) is 4.90 Å². The minimum Gasteiger partial charge on any atom is -0.368 e. The fourth-order valence-corrected chi connectivity index (χ4v) is 1.47. The molecule has 0 heterocycles. The zero-order valence-corrected chi connectivity index (χ0v) is 10.0. The number of hydrogen-bond acceptors (Lipinski definition) is 3. The van der Waals surface area contributed by atoms with Crippen LogP contribution < -0.4 is 11.5 Å². The number of nitrogens with two attached hydrogens (primary N) is 2. The van der Waals surface area contributed by atoms with Crippen LogP contribution in [0.3, 0.4) is 0 Å². The van der Waals surface area contributed by atoms with Gasteiger partial charge < -0.3 is 16.4 Å². The van der Waals surface area contributed by atoms with Crippen molar-refractivity contribution in [3.63, 3.8) is 0 Å². The van der Waals surface area contributed by atoms with Crippen molar-refractivity contribution < 1.29 is 9.59 Å². The summed E-state index contributed by atoms with van der Waals surface area (Å²) in [6, 6.07) is 6.61. The van der Waals surface area contributed by atoms with Crippen LogP contribution in [0.15, 0.2) is 24.3 Å². The Morgan fingerprint density at radius 3 is 2.29 bits per heavy atom. The fourth-order valence-electron chi connectivity index (χ4n) is 1.47. The summed E-state index contributed by atoms with van der Waals surface area (Å²) in [5.41, 5.74) is 12.7. The first-order valence-electron chi connectivity index (χ1n) is 5.27. The molecule has 1 atom stereocenters. The van der Waals surface area contributed by atoms with Crippen LogP contribution in [0.5, 0.6) is 0 Å². The van der Waals surface area contributed by atoms with E-state index in [1.807, 2.05) is 19.1 Å². The number of rotatable bonds is 4. The van der Waals surface area contributed by atoms with Gasteiger partial charge in [-0.25, -0.2) is 0 Å². The number of primary amides is 1. The Labute approximate surface area is 100 Å². The third-order valence-corrected chi connectivity index (χ3v) is 2.47. The standard InChI is InChI=1S/C12H17N3O2/c1-8-3-5-9(6-4-8)11(14)12(17)15(2)7-10(13)16/h3-6,11H,7,14H2,1-2H3,(H2,13,16). The molecule has 1 aromatic carbocycles. The van der Waals surface area contributed by atoms with Crippen molar-refractivity contribution >= 4 is 11.8 Å². The van der Waals surface area contributed by atoms with E-state index < -0.39 is 11.9 Å². The molecule has 1 aromatic rings. The molecular weight excluding hydrogens is 218 g/mol. The highest BCUT2D eigenvalue weighted by atomic mass is 16.2. The molecule has 0 aromatic heterocycles. The van der Waals surface area contributed by atoms with Crippen LogP contribution in [0.1, 0.15) is 17.2 Å². The van der Waals surface area contributed by atoms with Crippen molar-refractivity contribution in [3.05, 3.63) is 35.4 Å². The molecule has 4 N–H and O–H groups in total. The molecule has 17 heavy (non-hydrogen) atoms. The van der Waals surface area contributed by atoms with Crippen molar-refractivity contribution in [3.8, 4) is 0 Å². The number of amides is 2. The zero-order chi connectivity index (χ0) is 13.0. The average molecular weight is 235 g/mol. The summed E-state index contributed by atoms with van der Waals surface area (Å²) in [4.78, 5) is 23.8. The zero-order valence-electron chi connectivity index (χ0n) is 10.0. The van der Waals surface area contributed by atoms with E-state index in [0.717, 1.165) is 11.1 Å². The lowest BCUT2D eigenvalue weighted by Crippen LogP contribution is -2.40. The smallest absolute Gasteiger partial charge is 0.244 e. The number of likely N-dealkylation sites (N-methyl/N-ethyl adjacent to an activating group) is 1. The van der Waals surface area contributed by atoms with E-state index >= 15 is 0 Å². The van der Waals surface area contributed by atoms with E-state index in [1.165, 1.54) is 11.9 Å². The first-order valence-corrected chi connectivity index (χ1v) is 5.27. The normalized spacial score (nSPS) is 11.9. The highest BCUT2D eigenvalue weighted by Gasteiger charge is 2.20. The molecule has 0 saturated carbocycles. The van der Waals surface area contributed by atoms with Crippen LogP contribution >= 0.6 is 0 Å². The van der Waals surface area contributed by atoms with Gasteiger partial charge in [-0.15, -0.1) is 0 Å². The fraction of sp³-hybridized carbons (Fsp3) is 0.333. The molecule has 0 spiro atoms. The number of nitrogens with zero attached hydrogens (tertiary/aromatic N) is 1. The predicted octanol–water partition coefficient (Wildman–Crippen LogP) is -0.0615. The van der Waals surface area contributed by atoms with E-state index in [4.69, 9.17) is 11.5 Å². The van der Waals surface area contributed by atoms with E-state index in [1.54, 1.807) is 12.1 Å². The first kappa shape index (κ1) is 13.2. The topological polar surface area (TPSA) is 89.4 Å². The van der Waals surface area contributed by atoms with Crippen LogP contribution in [-0.4, -0.2) is 30.3 Å². The highest BCUT2D eigenvalue weighted by molar-refractivity contribution is 5.87. The molecule has 0 fully saturated rings. The second-order valence-corrected chi connectivity index (χ2v) is 4.05. The van der Waals surface area contributed by atoms with Crippen LogP contribution in [0.4, 0.5) is 0 Å². The Bertz CT molecular complexity index is 414. The summed E-state index contributed by atoms with van der Waals surface area (Å²) in [6.45, 7) is 1.83. The number of benzene rings is 1. The summed E-state index contributed by atoms with van der Waals surface area (Å²) in [5, 5.41) is 0. The van der Waals surface area contributed by atoms with Gasteiger partial charge in [0.2, 0.25) is 11.8 Å². The SMILES string of the molecule is Cc1ccc(C(N)C(=O)N(C)CC(N)=O)cc1. The van der Waals surface area contributed by atoms with E-state index in [-0.39, 0.29) is 12.5 Å². The van der Waals surface area contributed by atoms with Gasteiger partial charge in [0.05, 0.1) is 6.54 Å². The summed E-state index contributed by atoms with van der Waals surface area (Å²) in [7, 11) is 1.50. The maximum atomic E-state index is 11.9. The molecule has 0 saturated heterocycles. The van der Waals surface area contributed by atoms with Crippen molar-refractivity contribution in [2.45, 2.75) is 13.0 Å². The first-order chi connectivity index (χ1) is 7.91. The Balaban J connectivity index is 2.75. The van der Waals surface area contributed by atoms with E-state index in [0.29, 0.717) is 0 Å². The van der Waals surface area contributed by atoms with Gasteiger partial charge in [-0.2, -0.15) is 0 Å². The van der Waals surface area contributed by atoms with Crippen LogP contribution in [0.25, 0.3) is 0 Å². The molecule has 92 valence electrons. The third kappa shape index (κ3) is 3.57. The molecule has 1 rings (SSSR count). The number of carbonyl (C=O) groups is 2. The Morgan fingerprint density at radius 1 is 1.29 bits per heavy atom. The van der Waals surface area contributed by atoms with Gasteiger partial charge in [-0.05, 0) is 12.5 Å². The molecule has 0 aliphatic carbocycles. The summed E-state index contributed by atoms with van der Waals surface area (Å²) in [6.07, 6.45) is 0. The Morgan fingerprint density at radius 2 is 1.82 bits per heavy atom. The van der Waals surface area contributed by atoms with Crippen molar-refractivity contribution in [2.24, 2.45) is 11.5 Å². The minimum absolute atomic E-state index is 0.127. The average Bonchev–Trinajstić information content (AvgIpc) is 2.27. The predicted molar refractivity (Wildman–Crippen MR) is 64.9 cm³/mol. The molecule has 5 nitrogen and oxygen atoms in total. The van der Waals surface area contributed by atoms with E-state index in [2.05, 4.69) is 0 Å². The van der Waals surface area contributed by atoms with Gasteiger partial charge in [0.1, 0.15) is 6.04 Å². The summed E-state index contributed by atoms with van der Waals surface area (Å²) < 4.78 is 0. The maximum absolute atomic E-state index is 11.9. The second kappa shape index (κ2) is 5.45. The molecule has 0 aliphatic rings. The van der Waals surface area contributed by atoms with Gasteiger partial charge in [0, 0.05) is 7.05 Å². The van der Waals surface area contributed by atoms with Crippen molar-refractivity contribution in [2.75, 3.05) is 13.6 Å². The maximum Gasteiger partial charge on any atom is 0.244 e. The van der Waals surface area contributed by atoms with Gasteiger partial charge in [-0.1, -0.05) is 29.8 Å². The van der Waals surface area contributed by atoms with Gasteiger partial charge in [0.15, 0.2) is 0 Å². The second-order valence-electron chi connectivity index (χ2n) is 4.05. The highest BCUT2D eigenvalue weighted by Crippen LogP contribution is 2.13. The molecule has 5 heteroatoms. The number of carbonyl (C=O) groups excluding carboxylic acids is 2. The lowest BCUT2D eigenvalue weighted by Gasteiger charge is -2.20. The summed E-state index contributed by atoms with van der Waals surface area (Å²) in [5.74, 6) is -0.885. The summed E-state index contributed by atoms with van der Waals surface area (Å²) >= 11 is 0. The van der Waals surface area contributed by atoms with Crippen molar-refractivity contribution in [1.29, 1.82) is 0 Å². The number of hydrogen-bond donors (Lipinski definition) is 2. The largest absolute Gasteiger partial charge is 0.368 e. The van der Waals surface area contributed by atoms with Gasteiger partial charge in [-0.3, -0.25) is 9.59 Å². The Hall–Kier alpha value is -1.88. The lowest BCUT2D eigenvalue weighted by atomic mass is 10.0. The van der Waals surface area contributed by atoms with E-state index in [9.17, 15) is 9.59 Å². The van der Waals surface area contributed by atoms with Gasteiger partial charge in [0.25, 0.3) is 0 Å². The van der Waals surface area contributed by atoms with Gasteiger partial charge >= 0.3 is 0 Å². The van der Waals surface area contributed by atoms with Crippen LogP contribution in [0, 0.1) is 6.92 Å². The molecule has 0 bridgehead atoms. The minimum atomic E-state index is -0.764. The Kier molecular flexibility index (Phi) is 4.23. The lowest BCUT2D eigenvalue weighted by molar-refractivity contribution is -0.135. The third-order valence-electron chi connectivity index (χ3n) is 2.47. The molecule has 2 amide bonds. The van der Waals surface area contributed by atoms with Crippen LogP contribution in [0.2, 0.25) is 0 Å². The quantitative estimate of drug-likeness (QED) is 0.766. The number of aryl methyl sites for hydroxylation is 1. The monoisotopic (exact) mass is 235 g/mol. The molecular formula is C12H17N3O2. The molecule has 1 unspecified atom stereocenters. The molecule has 0 aliphatic heterocycles.